The molecular formula is C11H16BrN3O. The van der Waals surface area contributed by atoms with E-state index in [1.54, 1.807) is 6.20 Å². The van der Waals surface area contributed by atoms with E-state index in [-0.39, 0.29) is 5.91 Å². The number of hydrogen-bond donors (Lipinski definition) is 1. The molecule has 0 bridgehead atoms. The number of hydrogen-bond acceptors (Lipinski definition) is 2. The fraction of sp³-hybridized carbons (Fsp3) is 0.636. The van der Waals surface area contributed by atoms with Crippen molar-refractivity contribution in [2.75, 3.05) is 13.1 Å². The Labute approximate surface area is 104 Å². The van der Waals surface area contributed by atoms with Crippen LogP contribution in [-0.2, 0) is 0 Å². The Morgan fingerprint density at radius 2 is 2.12 bits per heavy atom. The molecule has 1 aromatic heterocycles. The van der Waals surface area contributed by atoms with Crippen molar-refractivity contribution in [1.29, 1.82) is 0 Å². The first-order valence-electron chi connectivity index (χ1n) is 5.56. The Balaban J connectivity index is 2.13. The van der Waals surface area contributed by atoms with Gasteiger partial charge in [0.2, 0.25) is 0 Å². The molecule has 0 aliphatic carbocycles. The van der Waals surface area contributed by atoms with Crippen LogP contribution in [0, 0.1) is 11.8 Å². The molecule has 0 aromatic carbocycles. The second kappa shape index (κ2) is 4.57. The van der Waals surface area contributed by atoms with Gasteiger partial charge in [-0.25, -0.2) is 0 Å². The Kier molecular flexibility index (Phi) is 3.33. The minimum atomic E-state index is 0.0442. The molecule has 1 aromatic rings. The van der Waals surface area contributed by atoms with Crippen LogP contribution in [0.3, 0.4) is 0 Å². The highest BCUT2D eigenvalue weighted by Gasteiger charge is 2.27. The minimum absolute atomic E-state index is 0.0442. The summed E-state index contributed by atoms with van der Waals surface area (Å²) >= 11 is 3.32. The van der Waals surface area contributed by atoms with Crippen LogP contribution in [0.5, 0.6) is 0 Å². The minimum Gasteiger partial charge on any atom is -0.337 e. The molecule has 2 atom stereocenters. The zero-order chi connectivity index (χ0) is 11.7. The van der Waals surface area contributed by atoms with Crippen LogP contribution in [0.15, 0.2) is 10.7 Å². The van der Waals surface area contributed by atoms with E-state index in [2.05, 4.69) is 40.0 Å². The summed E-state index contributed by atoms with van der Waals surface area (Å²) in [5, 5.41) is 6.60. The van der Waals surface area contributed by atoms with Crippen molar-refractivity contribution in [2.45, 2.75) is 20.3 Å². The first kappa shape index (κ1) is 11.6. The molecule has 0 radical (unpaired) electrons. The summed E-state index contributed by atoms with van der Waals surface area (Å²) in [7, 11) is 0. The first-order chi connectivity index (χ1) is 7.58. The van der Waals surface area contributed by atoms with Gasteiger partial charge in [0, 0.05) is 13.1 Å². The SMILES string of the molecule is C[C@@H]1C[C@@H](C)CN(C(=O)c2[nH]ncc2Br)C1. The molecular weight excluding hydrogens is 270 g/mol. The summed E-state index contributed by atoms with van der Waals surface area (Å²) < 4.78 is 0.739. The van der Waals surface area contributed by atoms with E-state index < -0.39 is 0 Å². The lowest BCUT2D eigenvalue weighted by Gasteiger charge is -2.34. The zero-order valence-corrected chi connectivity index (χ0v) is 11.1. The van der Waals surface area contributed by atoms with Crippen molar-refractivity contribution in [3.63, 3.8) is 0 Å². The number of likely N-dealkylation sites (tertiary alicyclic amines) is 1. The first-order valence-corrected chi connectivity index (χ1v) is 6.35. The summed E-state index contributed by atoms with van der Waals surface area (Å²) in [6.45, 7) is 6.07. The number of rotatable bonds is 1. The maximum absolute atomic E-state index is 12.2. The predicted molar refractivity (Wildman–Crippen MR) is 65.1 cm³/mol. The van der Waals surface area contributed by atoms with Crippen LogP contribution in [0.1, 0.15) is 30.8 Å². The molecule has 0 spiro atoms. The molecule has 4 nitrogen and oxygen atoms in total. The highest BCUT2D eigenvalue weighted by Crippen LogP contribution is 2.23. The molecule has 1 aliphatic heterocycles. The largest absolute Gasteiger partial charge is 0.337 e. The fourth-order valence-corrected chi connectivity index (χ4v) is 2.77. The summed E-state index contributed by atoms with van der Waals surface area (Å²) in [6, 6.07) is 0. The molecule has 5 heteroatoms. The van der Waals surface area contributed by atoms with Gasteiger partial charge in [0.1, 0.15) is 5.69 Å². The van der Waals surface area contributed by atoms with E-state index in [0.717, 1.165) is 17.6 Å². The molecule has 1 N–H and O–H groups in total. The second-order valence-electron chi connectivity index (χ2n) is 4.75. The van der Waals surface area contributed by atoms with E-state index in [4.69, 9.17) is 0 Å². The van der Waals surface area contributed by atoms with Gasteiger partial charge in [-0.3, -0.25) is 9.89 Å². The van der Waals surface area contributed by atoms with E-state index in [9.17, 15) is 4.79 Å². The van der Waals surface area contributed by atoms with Gasteiger partial charge < -0.3 is 4.90 Å². The zero-order valence-electron chi connectivity index (χ0n) is 9.53. The van der Waals surface area contributed by atoms with Crippen LogP contribution in [0.4, 0.5) is 0 Å². The van der Waals surface area contributed by atoms with Crippen LogP contribution >= 0.6 is 15.9 Å². The van der Waals surface area contributed by atoms with Crippen LogP contribution < -0.4 is 0 Å². The number of halogens is 1. The molecule has 1 aliphatic rings. The summed E-state index contributed by atoms with van der Waals surface area (Å²) in [4.78, 5) is 14.1. The monoisotopic (exact) mass is 285 g/mol. The van der Waals surface area contributed by atoms with Crippen molar-refractivity contribution < 1.29 is 4.79 Å². The van der Waals surface area contributed by atoms with Gasteiger partial charge in [-0.2, -0.15) is 5.10 Å². The van der Waals surface area contributed by atoms with Crippen molar-refractivity contribution in [3.05, 3.63) is 16.4 Å². The standard InChI is InChI=1S/C11H16BrN3O/c1-7-3-8(2)6-15(5-7)11(16)10-9(12)4-13-14-10/h4,7-8H,3,5-6H2,1-2H3,(H,13,14)/t7-,8-/m1/s1. The third-order valence-electron chi connectivity index (χ3n) is 2.96. The number of piperidine rings is 1. The van der Waals surface area contributed by atoms with Gasteiger partial charge in [-0.1, -0.05) is 13.8 Å². The molecule has 1 saturated heterocycles. The van der Waals surface area contributed by atoms with Crippen molar-refractivity contribution in [1.82, 2.24) is 15.1 Å². The molecule has 1 amide bonds. The topological polar surface area (TPSA) is 49.0 Å². The normalized spacial score (nSPS) is 25.8. The lowest BCUT2D eigenvalue weighted by molar-refractivity contribution is 0.0616. The highest BCUT2D eigenvalue weighted by molar-refractivity contribution is 9.10. The number of nitrogens with one attached hydrogen (secondary N) is 1. The lowest BCUT2D eigenvalue weighted by Crippen LogP contribution is -2.42. The summed E-state index contributed by atoms with van der Waals surface area (Å²) in [5.74, 6) is 1.20. The second-order valence-corrected chi connectivity index (χ2v) is 5.60. The van der Waals surface area contributed by atoms with Crippen molar-refractivity contribution in [3.8, 4) is 0 Å². The Bertz CT molecular complexity index is 380. The molecule has 88 valence electrons. The van der Waals surface area contributed by atoms with Gasteiger partial charge in [-0.05, 0) is 34.2 Å². The summed E-state index contributed by atoms with van der Waals surface area (Å²) in [5.41, 5.74) is 0.557. The predicted octanol–water partition coefficient (Wildman–Crippen LogP) is 2.29. The number of carbonyl (C=O) groups is 1. The molecule has 1 fully saturated rings. The van der Waals surface area contributed by atoms with Crippen LogP contribution in [0.2, 0.25) is 0 Å². The third-order valence-corrected chi connectivity index (χ3v) is 3.56. The average Bonchev–Trinajstić information content (AvgIpc) is 2.62. The number of amides is 1. The maximum atomic E-state index is 12.2. The van der Waals surface area contributed by atoms with Gasteiger partial charge in [0.25, 0.3) is 5.91 Å². The van der Waals surface area contributed by atoms with Crippen LogP contribution in [0.25, 0.3) is 0 Å². The van der Waals surface area contributed by atoms with Gasteiger partial charge in [0.05, 0.1) is 10.7 Å². The van der Waals surface area contributed by atoms with E-state index >= 15 is 0 Å². The molecule has 0 saturated carbocycles. The third kappa shape index (κ3) is 2.29. The average molecular weight is 286 g/mol. The number of aromatic amines is 1. The number of aromatic nitrogens is 2. The number of carbonyl (C=O) groups excluding carboxylic acids is 1. The molecule has 2 heterocycles. The highest BCUT2D eigenvalue weighted by atomic mass is 79.9. The number of nitrogens with zero attached hydrogens (tertiary/aromatic N) is 2. The smallest absolute Gasteiger partial charge is 0.273 e. The van der Waals surface area contributed by atoms with Crippen molar-refractivity contribution in [2.24, 2.45) is 11.8 Å². The van der Waals surface area contributed by atoms with E-state index in [1.807, 2.05) is 4.90 Å². The maximum Gasteiger partial charge on any atom is 0.273 e. The van der Waals surface area contributed by atoms with Crippen LogP contribution in [-0.4, -0.2) is 34.1 Å². The molecule has 16 heavy (non-hydrogen) atoms. The van der Waals surface area contributed by atoms with Gasteiger partial charge >= 0.3 is 0 Å². The van der Waals surface area contributed by atoms with E-state index in [0.29, 0.717) is 17.5 Å². The Hall–Kier alpha value is -0.840. The quantitative estimate of drug-likeness (QED) is 0.861. The summed E-state index contributed by atoms with van der Waals surface area (Å²) in [6.07, 6.45) is 2.82. The van der Waals surface area contributed by atoms with Gasteiger partial charge in [-0.15, -0.1) is 0 Å². The van der Waals surface area contributed by atoms with Gasteiger partial charge in [0.15, 0.2) is 0 Å². The Morgan fingerprint density at radius 3 is 2.62 bits per heavy atom. The van der Waals surface area contributed by atoms with E-state index in [1.165, 1.54) is 6.42 Å². The Morgan fingerprint density at radius 1 is 1.50 bits per heavy atom. The lowest BCUT2D eigenvalue weighted by atomic mass is 9.92. The fourth-order valence-electron chi connectivity index (χ4n) is 2.41. The van der Waals surface area contributed by atoms with Crippen molar-refractivity contribution >= 4 is 21.8 Å². The molecule has 2 rings (SSSR count). The molecule has 0 unspecified atom stereocenters. The number of H-pyrrole nitrogens is 1.